The molecule has 34 valence electrons. The van der Waals surface area contributed by atoms with Gasteiger partial charge in [0, 0.05) is 0 Å². The molecule has 0 fully saturated rings. The predicted molar refractivity (Wildman–Crippen MR) is 22.2 cm³/mol. The average molecular weight is 133 g/mol. The largest absolute Gasteiger partial charge is 2.00 e. The summed E-state index contributed by atoms with van der Waals surface area (Å²) in [5, 5.41) is 0. The third-order valence-electron chi connectivity index (χ3n) is 0.144. The van der Waals surface area contributed by atoms with Gasteiger partial charge in [-0.25, -0.2) is 12.2 Å². The first-order valence-electron chi connectivity index (χ1n) is 1.29. The molecule has 0 aromatic rings. The Morgan fingerprint density at radius 1 is 1.60 bits per heavy atom. The Morgan fingerprint density at radius 3 is 1.80 bits per heavy atom. The van der Waals surface area contributed by atoms with Crippen molar-refractivity contribution < 1.29 is 16.5 Å². The van der Waals surface area contributed by atoms with Crippen molar-refractivity contribution in [1.29, 1.82) is 0 Å². The molecule has 0 unspecified atom stereocenters. The summed E-state index contributed by atoms with van der Waals surface area (Å²) in [7, 11) is 0. The zero-order valence-electron chi connectivity index (χ0n) is 2.85. The number of hydrogen-bond donors (Lipinski definition) is 0. The number of rotatable bonds is 1. The van der Waals surface area contributed by atoms with Crippen LogP contribution in [-0.4, -0.2) is 5.75 Å². The van der Waals surface area contributed by atoms with Crippen molar-refractivity contribution >= 4 is 12.6 Å². The summed E-state index contributed by atoms with van der Waals surface area (Å²) in [6, 6.07) is 0. The summed E-state index contributed by atoms with van der Waals surface area (Å²) in [5.41, 5.74) is 0. The molecule has 0 saturated carbocycles. The van der Waals surface area contributed by atoms with Crippen LogP contribution in [-0.2, 0) is 29.1 Å². The quantitative estimate of drug-likeness (QED) is 0.289. The van der Waals surface area contributed by atoms with E-state index in [1.165, 1.54) is 0 Å². The van der Waals surface area contributed by atoms with Gasteiger partial charge in [-0.2, -0.15) is 0 Å². The molecule has 0 N–H and O–H groups in total. The number of hydrogen-bond acceptors (Lipinski definition) is 1. The standard InChI is InChI=1S/C3H7S.Ni/c1-2-3-4;/h4H,1-3H2;/q-1;+2/p-1. The minimum Gasteiger partial charge on any atom is -0.795 e. The fourth-order valence-electron chi connectivity index (χ4n) is 0. The fraction of sp³-hybridized carbons (Fsp3) is 0.667. The smallest absolute Gasteiger partial charge is 0.795 e. The van der Waals surface area contributed by atoms with Gasteiger partial charge in [-0.05, 0) is 0 Å². The summed E-state index contributed by atoms with van der Waals surface area (Å²) < 4.78 is 0. The summed E-state index contributed by atoms with van der Waals surface area (Å²) in [5.74, 6) is 0.792. The first kappa shape index (κ1) is 9.28. The monoisotopic (exact) mass is 132 g/mol. The van der Waals surface area contributed by atoms with Crippen molar-refractivity contribution in [2.24, 2.45) is 0 Å². The van der Waals surface area contributed by atoms with Gasteiger partial charge < -0.3 is 19.6 Å². The van der Waals surface area contributed by atoms with E-state index in [0.29, 0.717) is 0 Å². The van der Waals surface area contributed by atoms with Crippen LogP contribution >= 0.6 is 0 Å². The maximum atomic E-state index is 4.49. The Kier molecular flexibility index (Phi) is 16.4. The topological polar surface area (TPSA) is 0 Å². The Hall–Kier alpha value is 0.844. The van der Waals surface area contributed by atoms with Crippen LogP contribution in [0.1, 0.15) is 6.42 Å². The van der Waals surface area contributed by atoms with Crippen LogP contribution in [0.15, 0.2) is 0 Å². The maximum absolute atomic E-state index is 4.49. The van der Waals surface area contributed by atoms with Gasteiger partial charge >= 0.3 is 16.5 Å². The molecular formula is C3H6NiS. The first-order chi connectivity index (χ1) is 1.91. The minimum absolute atomic E-state index is 0. The Balaban J connectivity index is 0. The van der Waals surface area contributed by atoms with Crippen LogP contribution in [0.5, 0.6) is 0 Å². The van der Waals surface area contributed by atoms with Crippen LogP contribution < -0.4 is 0 Å². The molecule has 0 aliphatic rings. The van der Waals surface area contributed by atoms with Gasteiger partial charge in [-0.3, -0.25) is 0 Å². The molecule has 0 nitrogen and oxygen atoms in total. The minimum atomic E-state index is 0. The molecule has 0 bridgehead atoms. The molecule has 0 amide bonds. The summed E-state index contributed by atoms with van der Waals surface area (Å²) >= 11 is 4.49. The van der Waals surface area contributed by atoms with Gasteiger partial charge in [-0.1, -0.05) is 0 Å². The first-order valence-corrected chi connectivity index (χ1v) is 1.87. The van der Waals surface area contributed by atoms with E-state index in [9.17, 15) is 0 Å². The van der Waals surface area contributed by atoms with Gasteiger partial charge in [0.15, 0.2) is 0 Å². The zero-order valence-corrected chi connectivity index (χ0v) is 4.65. The van der Waals surface area contributed by atoms with Gasteiger partial charge in [0.25, 0.3) is 0 Å². The van der Waals surface area contributed by atoms with E-state index in [0.717, 1.165) is 12.2 Å². The molecule has 0 radical (unpaired) electrons. The average Bonchev–Trinajstić information content (AvgIpc) is 1.37. The van der Waals surface area contributed by atoms with Gasteiger partial charge in [0.1, 0.15) is 0 Å². The molecule has 0 saturated heterocycles. The predicted octanol–water partition coefficient (Wildman–Crippen LogP) is 0.755. The zero-order chi connectivity index (χ0) is 3.41. The Labute approximate surface area is 48.7 Å². The Morgan fingerprint density at radius 2 is 1.80 bits per heavy atom. The molecule has 0 aliphatic carbocycles. The van der Waals surface area contributed by atoms with Gasteiger partial charge in [0.05, 0.1) is 0 Å². The van der Waals surface area contributed by atoms with E-state index >= 15 is 0 Å². The SMILES string of the molecule is [CH2-]CC[S-].[Ni+2]. The van der Waals surface area contributed by atoms with Crippen molar-refractivity contribution in [3.8, 4) is 0 Å². The molecule has 0 spiro atoms. The third kappa shape index (κ3) is 11.5. The second-order valence-corrected chi connectivity index (χ2v) is 0.966. The molecule has 2 heteroatoms. The van der Waals surface area contributed by atoms with Crippen LogP contribution in [0.4, 0.5) is 0 Å². The van der Waals surface area contributed by atoms with E-state index < -0.39 is 0 Å². The maximum Gasteiger partial charge on any atom is 2.00 e. The molecule has 0 aromatic carbocycles. The fourth-order valence-corrected chi connectivity index (χ4v) is 0. The second-order valence-electron chi connectivity index (χ2n) is 0.558. The van der Waals surface area contributed by atoms with Crippen LogP contribution in [0.3, 0.4) is 0 Å². The van der Waals surface area contributed by atoms with E-state index in [1.54, 1.807) is 0 Å². The summed E-state index contributed by atoms with van der Waals surface area (Å²) in [4.78, 5) is 0. The van der Waals surface area contributed by atoms with Gasteiger partial charge in [-0.15, -0.1) is 0 Å². The van der Waals surface area contributed by atoms with E-state index in [-0.39, 0.29) is 16.5 Å². The molecular weight excluding hydrogens is 127 g/mol. The van der Waals surface area contributed by atoms with E-state index in [1.807, 2.05) is 0 Å². The molecule has 0 rings (SSSR count). The summed E-state index contributed by atoms with van der Waals surface area (Å²) in [6.07, 6.45) is 0.884. The summed E-state index contributed by atoms with van der Waals surface area (Å²) in [6.45, 7) is 3.50. The van der Waals surface area contributed by atoms with Gasteiger partial charge in [0.2, 0.25) is 0 Å². The van der Waals surface area contributed by atoms with Crippen LogP contribution in [0, 0.1) is 6.92 Å². The molecule has 5 heavy (non-hydrogen) atoms. The van der Waals surface area contributed by atoms with Crippen molar-refractivity contribution in [1.82, 2.24) is 0 Å². The van der Waals surface area contributed by atoms with Crippen molar-refractivity contribution in [3.63, 3.8) is 0 Å². The van der Waals surface area contributed by atoms with Crippen molar-refractivity contribution in [2.75, 3.05) is 5.75 Å². The van der Waals surface area contributed by atoms with E-state index in [2.05, 4.69) is 19.6 Å². The normalized spacial score (nSPS) is 6.00. The van der Waals surface area contributed by atoms with Crippen molar-refractivity contribution in [3.05, 3.63) is 6.92 Å². The Bertz CT molecular complexity index is 8.85. The molecule has 0 aromatic heterocycles. The van der Waals surface area contributed by atoms with Crippen molar-refractivity contribution in [2.45, 2.75) is 6.42 Å². The van der Waals surface area contributed by atoms with Crippen LogP contribution in [0.2, 0.25) is 0 Å². The third-order valence-corrected chi connectivity index (χ3v) is 0.433. The molecule has 0 atom stereocenters. The second kappa shape index (κ2) is 8.85. The van der Waals surface area contributed by atoms with E-state index in [4.69, 9.17) is 0 Å². The molecule has 0 heterocycles. The van der Waals surface area contributed by atoms with Crippen LogP contribution in [0.25, 0.3) is 0 Å². The molecule has 0 aliphatic heterocycles.